The number of anilines is 6. The first-order valence-corrected chi connectivity index (χ1v) is 38.8. The zero-order chi connectivity index (χ0) is 64.3. The molecular formula is C82H58F6N2O2Si2. The van der Waals surface area contributed by atoms with Crippen molar-refractivity contribution in [1.29, 1.82) is 0 Å². The lowest BCUT2D eigenvalue weighted by Crippen LogP contribution is -2.37. The molecule has 1 atom stereocenters. The van der Waals surface area contributed by atoms with Gasteiger partial charge in [0.2, 0.25) is 0 Å². The summed E-state index contributed by atoms with van der Waals surface area (Å²) in [5.74, 6) is 0. The van der Waals surface area contributed by atoms with Crippen molar-refractivity contribution in [1.82, 2.24) is 0 Å². The van der Waals surface area contributed by atoms with E-state index in [0.29, 0.717) is 50.5 Å². The van der Waals surface area contributed by atoms with Gasteiger partial charge >= 0.3 is 12.4 Å². The number of alkyl halides is 6. The smallest absolute Gasteiger partial charge is 0.420 e. The van der Waals surface area contributed by atoms with Crippen molar-refractivity contribution in [2.24, 2.45) is 0 Å². The largest absolute Gasteiger partial charge is 0.453 e. The van der Waals surface area contributed by atoms with Crippen molar-refractivity contribution in [3.05, 3.63) is 275 Å². The number of fused-ring (bicyclic) bond motifs is 25. The molecule has 0 fully saturated rings. The second kappa shape index (κ2) is 19.5. The van der Waals surface area contributed by atoms with Gasteiger partial charge < -0.3 is 18.6 Å². The Morgan fingerprint density at radius 2 is 0.851 bits per heavy atom. The predicted octanol–water partition coefficient (Wildman–Crippen LogP) is 23.3. The summed E-state index contributed by atoms with van der Waals surface area (Å²) >= 11 is 0. The molecule has 12 heteroatoms. The van der Waals surface area contributed by atoms with Crippen LogP contribution in [0.4, 0.5) is 60.5 Å². The lowest BCUT2D eigenvalue weighted by Gasteiger charge is -2.36. The Labute approximate surface area is 539 Å². The number of para-hydroxylation sites is 3. The maximum absolute atomic E-state index is 15.0. The van der Waals surface area contributed by atoms with Crippen LogP contribution >= 0.6 is 0 Å². The van der Waals surface area contributed by atoms with Gasteiger partial charge in [-0.1, -0.05) is 201 Å². The first-order valence-electron chi connectivity index (χ1n) is 31.8. The molecule has 13 aromatic carbocycles. The Morgan fingerprint density at radius 1 is 0.372 bits per heavy atom. The molecule has 1 spiro atoms. The normalized spacial score (nSPS) is 15.2. The van der Waals surface area contributed by atoms with Crippen molar-refractivity contribution in [2.75, 3.05) is 9.80 Å². The molecule has 0 bridgehead atoms. The molecule has 4 nitrogen and oxygen atoms in total. The number of nitrogens with zero attached hydrogens (tertiary/aromatic N) is 2. The van der Waals surface area contributed by atoms with Crippen LogP contribution in [-0.4, -0.2) is 16.1 Å². The highest BCUT2D eigenvalue weighted by Crippen LogP contribution is 2.66. The van der Waals surface area contributed by atoms with E-state index in [0.717, 1.165) is 123 Å². The maximum Gasteiger partial charge on any atom is 0.420 e. The van der Waals surface area contributed by atoms with Gasteiger partial charge in [0.1, 0.15) is 11.2 Å². The van der Waals surface area contributed by atoms with Gasteiger partial charge in [-0.15, -0.1) is 0 Å². The molecular weight excluding hydrogens is 1220 g/mol. The first-order chi connectivity index (χ1) is 45.1. The Bertz CT molecular complexity index is 5790. The number of hydrogen-bond donors (Lipinski definition) is 0. The standard InChI is InChI=1S/C82H58F6N2O2Si2/c1-93(2,3)51-34-29-48(30-35-51)89(73-27-15-23-61-59-21-13-25-68(81(83,84)85)76(59)91-78(61)73)50-33-39-58-65-41-47-40-46-28-38-62-60-22-14-26-69(82(86,87)88)77(60)92-79(62)75(46)90(49-31-36-52(37-32-49)94(4,5)6)74(47)45-72(65)80(70(58)42-50)67-24-12-11-20-57(67)66-43-63-55-18-9-7-16-53(55)54-17-8-10-19-56(54)64(63)44-71(66)80/h7-39,41-45H,40H2,1-6H3. The minimum atomic E-state index is -4.67. The van der Waals surface area contributed by atoms with Crippen molar-refractivity contribution in [3.63, 3.8) is 0 Å². The second-order valence-corrected chi connectivity index (χ2v) is 37.9. The Hall–Kier alpha value is -10.1. The highest BCUT2D eigenvalue weighted by Gasteiger charge is 2.53. The first kappa shape index (κ1) is 56.6. The van der Waals surface area contributed by atoms with E-state index in [1.807, 2.05) is 30.3 Å². The Balaban J connectivity index is 0.953. The molecule has 1 unspecified atom stereocenters. The third kappa shape index (κ3) is 7.99. The van der Waals surface area contributed by atoms with Gasteiger partial charge in [0.25, 0.3) is 0 Å². The van der Waals surface area contributed by atoms with E-state index < -0.39 is 45.0 Å². The Morgan fingerprint density at radius 3 is 1.47 bits per heavy atom. The van der Waals surface area contributed by atoms with Gasteiger partial charge in [0, 0.05) is 45.0 Å². The van der Waals surface area contributed by atoms with Gasteiger partial charge in [0.05, 0.1) is 49.8 Å². The molecule has 3 heterocycles. The van der Waals surface area contributed by atoms with E-state index in [-0.39, 0.29) is 11.2 Å². The summed E-state index contributed by atoms with van der Waals surface area (Å²) < 4.78 is 103. The Kier molecular flexibility index (Phi) is 11.7. The van der Waals surface area contributed by atoms with E-state index in [1.165, 1.54) is 22.5 Å². The van der Waals surface area contributed by atoms with E-state index >= 15 is 13.2 Å². The van der Waals surface area contributed by atoms with E-state index in [9.17, 15) is 13.2 Å². The van der Waals surface area contributed by atoms with Crippen LogP contribution in [0.25, 0.3) is 98.4 Å². The molecule has 0 saturated heterocycles. The maximum atomic E-state index is 15.0. The molecule has 0 saturated carbocycles. The fourth-order valence-corrected chi connectivity index (χ4v) is 18.4. The summed E-state index contributed by atoms with van der Waals surface area (Å²) in [5.41, 5.74) is 12.5. The number of benzene rings is 13. The quantitative estimate of drug-likeness (QED) is 0.0944. The molecule has 2 aliphatic carbocycles. The van der Waals surface area contributed by atoms with Crippen LogP contribution in [0.3, 0.4) is 0 Å². The fraction of sp³-hybridized carbons (Fsp3) is 0.122. The summed E-state index contributed by atoms with van der Waals surface area (Å²) in [7, 11) is -3.64. The van der Waals surface area contributed by atoms with Gasteiger partial charge in [-0.25, -0.2) is 0 Å². The van der Waals surface area contributed by atoms with Crippen molar-refractivity contribution in [3.8, 4) is 22.3 Å². The minimum Gasteiger partial charge on any atom is -0.453 e. The molecule has 0 radical (unpaired) electrons. The molecule has 3 aliphatic rings. The zero-order valence-corrected chi connectivity index (χ0v) is 54.1. The molecule has 458 valence electrons. The monoisotopic (exact) mass is 1270 g/mol. The summed E-state index contributed by atoms with van der Waals surface area (Å²) in [4.78, 5) is 4.37. The van der Waals surface area contributed by atoms with Gasteiger partial charge in [-0.05, 0) is 167 Å². The zero-order valence-electron chi connectivity index (χ0n) is 52.1. The fourth-order valence-electron chi connectivity index (χ4n) is 16.1. The highest BCUT2D eigenvalue weighted by molar-refractivity contribution is 6.89. The van der Waals surface area contributed by atoms with Crippen LogP contribution in [0.15, 0.2) is 239 Å². The van der Waals surface area contributed by atoms with Gasteiger partial charge in [-0.2, -0.15) is 26.3 Å². The molecule has 0 N–H and O–H groups in total. The van der Waals surface area contributed by atoms with Crippen LogP contribution in [0.1, 0.15) is 44.5 Å². The van der Waals surface area contributed by atoms with E-state index in [4.69, 9.17) is 8.83 Å². The summed E-state index contributed by atoms with van der Waals surface area (Å²) in [6.07, 6.45) is -8.87. The predicted molar refractivity (Wildman–Crippen MR) is 378 cm³/mol. The molecule has 15 aromatic rings. The van der Waals surface area contributed by atoms with Crippen LogP contribution < -0.4 is 20.2 Å². The second-order valence-electron chi connectivity index (χ2n) is 27.7. The van der Waals surface area contributed by atoms with Gasteiger partial charge in [0.15, 0.2) is 11.2 Å². The average molecular weight is 1270 g/mol. The topological polar surface area (TPSA) is 32.8 Å². The third-order valence-electron chi connectivity index (χ3n) is 20.4. The number of hydrogen-bond acceptors (Lipinski definition) is 4. The number of furan rings is 2. The summed E-state index contributed by atoms with van der Waals surface area (Å²) in [6, 6.07) is 77.6. The lowest BCUT2D eigenvalue weighted by atomic mass is 9.69. The molecule has 94 heavy (non-hydrogen) atoms. The van der Waals surface area contributed by atoms with E-state index in [2.05, 4.69) is 213 Å². The van der Waals surface area contributed by atoms with Crippen LogP contribution in [-0.2, 0) is 24.2 Å². The van der Waals surface area contributed by atoms with Crippen LogP contribution in [0.2, 0.25) is 39.3 Å². The summed E-state index contributed by atoms with van der Waals surface area (Å²) in [5, 5.41) is 11.2. The van der Waals surface area contributed by atoms with Crippen molar-refractivity contribution in [2.45, 2.75) is 63.5 Å². The SMILES string of the molecule is C[Si](C)(C)c1ccc(N(c2ccc3c(c2)C2(c4ccccc4-c4cc5c6ccccc6c6ccccc6c5cc42)c2cc4c(cc2-3)Cc2ccc3c(oc5c(C(F)(F)F)cccc53)c2N4c2ccc([Si](C)(C)C)cc2)c2cccc3c2oc2c(C(F)(F)F)cccc23)cc1. The van der Waals surface area contributed by atoms with E-state index in [1.54, 1.807) is 12.1 Å². The van der Waals surface area contributed by atoms with Crippen molar-refractivity contribution >= 4 is 137 Å². The minimum absolute atomic E-state index is 0.201. The third-order valence-corrected chi connectivity index (χ3v) is 24.5. The highest BCUT2D eigenvalue weighted by atomic mass is 28.3. The molecule has 18 rings (SSSR count). The lowest BCUT2D eigenvalue weighted by molar-refractivity contribution is -0.137. The summed E-state index contributed by atoms with van der Waals surface area (Å²) in [6.45, 7) is 13.9. The molecule has 2 aromatic heterocycles. The number of halogens is 6. The van der Waals surface area contributed by atoms with Crippen molar-refractivity contribution < 1.29 is 35.2 Å². The van der Waals surface area contributed by atoms with Crippen LogP contribution in [0, 0.1) is 0 Å². The molecule has 0 amide bonds. The average Bonchev–Trinajstić information content (AvgIpc) is 1.49. The number of rotatable bonds is 6. The van der Waals surface area contributed by atoms with Crippen LogP contribution in [0.5, 0.6) is 0 Å². The van der Waals surface area contributed by atoms with Gasteiger partial charge in [-0.3, -0.25) is 0 Å². The molecule has 1 aliphatic heterocycles.